The molecule has 0 heterocycles. The monoisotopic (exact) mass is 282 g/mol. The average molecular weight is 283 g/mol. The van der Waals surface area contributed by atoms with Crippen molar-refractivity contribution in [2.75, 3.05) is 0 Å². The van der Waals surface area contributed by atoms with Crippen LogP contribution in [0.5, 0.6) is 0 Å². The van der Waals surface area contributed by atoms with E-state index in [1.54, 1.807) is 0 Å². The van der Waals surface area contributed by atoms with Crippen molar-refractivity contribution in [2.24, 2.45) is 5.41 Å². The number of halogens is 1. The molecule has 1 atom stereocenters. The Bertz CT molecular complexity index is 373. The summed E-state index contributed by atoms with van der Waals surface area (Å²) >= 11 is 3.11. The van der Waals surface area contributed by atoms with Crippen molar-refractivity contribution < 1.29 is 4.79 Å². The van der Waals surface area contributed by atoms with Gasteiger partial charge in [0.05, 0.1) is 0 Å². The Kier molecular flexibility index (Phi) is 4.72. The number of carbonyl (C=O) groups is 1. The third-order valence-electron chi connectivity index (χ3n) is 3.25. The fourth-order valence-electron chi connectivity index (χ4n) is 1.74. The van der Waals surface area contributed by atoms with Gasteiger partial charge in [-0.1, -0.05) is 45.0 Å². The average Bonchev–Trinajstić information content (AvgIpc) is 2.29. The fourth-order valence-corrected chi connectivity index (χ4v) is 2.16. The van der Waals surface area contributed by atoms with Gasteiger partial charge in [-0.25, -0.2) is 0 Å². The summed E-state index contributed by atoms with van der Waals surface area (Å²) in [4.78, 5) is 11.6. The molecule has 1 aromatic rings. The van der Waals surface area contributed by atoms with Gasteiger partial charge in [-0.3, -0.25) is 4.79 Å². The Labute approximate surface area is 106 Å². The fraction of sp³-hybridized carbons (Fsp3) is 0.500. The summed E-state index contributed by atoms with van der Waals surface area (Å²) in [5.74, 6) is 0. The van der Waals surface area contributed by atoms with Crippen molar-refractivity contribution in [3.63, 3.8) is 0 Å². The van der Waals surface area contributed by atoms with E-state index in [1.807, 2.05) is 6.92 Å². The van der Waals surface area contributed by atoms with Crippen molar-refractivity contribution >= 4 is 20.6 Å². The molecule has 1 nitrogen and oxygen atoms in total. The second-order valence-corrected chi connectivity index (χ2v) is 5.26. The maximum atomic E-state index is 11.6. The third kappa shape index (κ3) is 3.18. The van der Waals surface area contributed by atoms with E-state index >= 15 is 0 Å². The van der Waals surface area contributed by atoms with E-state index in [0.29, 0.717) is 0 Å². The standard InChI is InChI=1S/C14H19BrO/c1-4-11-7-6-8-12(9-11)10-14(3,5-2)13(15)16/h6-9H,4-5,10H2,1-3H3. The van der Waals surface area contributed by atoms with E-state index < -0.39 is 0 Å². The lowest BCUT2D eigenvalue weighted by Gasteiger charge is -2.24. The molecule has 1 unspecified atom stereocenters. The first-order valence-electron chi connectivity index (χ1n) is 5.79. The van der Waals surface area contributed by atoms with Crippen molar-refractivity contribution in [1.29, 1.82) is 0 Å². The summed E-state index contributed by atoms with van der Waals surface area (Å²) in [5.41, 5.74) is 2.29. The van der Waals surface area contributed by atoms with Gasteiger partial charge < -0.3 is 0 Å². The van der Waals surface area contributed by atoms with Crippen LogP contribution in [0.2, 0.25) is 0 Å². The van der Waals surface area contributed by atoms with E-state index in [1.165, 1.54) is 11.1 Å². The largest absolute Gasteiger partial charge is 0.286 e. The first kappa shape index (κ1) is 13.4. The summed E-state index contributed by atoms with van der Waals surface area (Å²) in [5, 5.41) is 0. The van der Waals surface area contributed by atoms with Gasteiger partial charge in [0.2, 0.25) is 4.69 Å². The van der Waals surface area contributed by atoms with Gasteiger partial charge in [0.25, 0.3) is 0 Å². The highest BCUT2D eigenvalue weighted by molar-refractivity contribution is 9.18. The molecule has 0 amide bonds. The molecule has 0 N–H and O–H groups in total. The predicted octanol–water partition coefficient (Wildman–Crippen LogP) is 4.13. The zero-order chi connectivity index (χ0) is 12.2. The second kappa shape index (κ2) is 5.62. The lowest BCUT2D eigenvalue weighted by Crippen LogP contribution is -2.25. The summed E-state index contributed by atoms with van der Waals surface area (Å²) in [6.07, 6.45) is 2.70. The van der Waals surface area contributed by atoms with Crippen molar-refractivity contribution in [3.8, 4) is 0 Å². The van der Waals surface area contributed by atoms with Gasteiger partial charge in [0.15, 0.2) is 0 Å². The zero-order valence-electron chi connectivity index (χ0n) is 10.2. The molecule has 0 saturated heterocycles. The topological polar surface area (TPSA) is 17.1 Å². The molecule has 0 radical (unpaired) electrons. The van der Waals surface area contributed by atoms with Gasteiger partial charge >= 0.3 is 0 Å². The molecule has 0 aliphatic carbocycles. The lowest BCUT2D eigenvalue weighted by molar-refractivity contribution is -0.118. The Balaban J connectivity index is 2.90. The van der Waals surface area contributed by atoms with E-state index in [0.717, 1.165) is 19.3 Å². The summed E-state index contributed by atoms with van der Waals surface area (Å²) in [6.45, 7) is 6.22. The van der Waals surface area contributed by atoms with Crippen molar-refractivity contribution in [3.05, 3.63) is 35.4 Å². The molecule has 16 heavy (non-hydrogen) atoms. The van der Waals surface area contributed by atoms with E-state index in [-0.39, 0.29) is 10.1 Å². The molecule has 0 bridgehead atoms. The molecule has 0 saturated carbocycles. The Morgan fingerprint density at radius 3 is 2.44 bits per heavy atom. The van der Waals surface area contributed by atoms with Crippen LogP contribution in [0.4, 0.5) is 0 Å². The van der Waals surface area contributed by atoms with E-state index in [4.69, 9.17) is 0 Å². The number of carbonyl (C=O) groups excluding carboxylic acids is 1. The van der Waals surface area contributed by atoms with Gasteiger partial charge in [-0.2, -0.15) is 0 Å². The van der Waals surface area contributed by atoms with Crippen LogP contribution in [-0.4, -0.2) is 4.69 Å². The minimum atomic E-state index is -0.285. The molecule has 88 valence electrons. The minimum Gasteiger partial charge on any atom is -0.286 e. The number of rotatable bonds is 5. The van der Waals surface area contributed by atoms with Crippen LogP contribution in [-0.2, 0) is 17.6 Å². The minimum absolute atomic E-state index is 0.101. The summed E-state index contributed by atoms with van der Waals surface area (Å²) < 4.78 is 0.101. The number of benzene rings is 1. The van der Waals surface area contributed by atoms with Gasteiger partial charge in [0.1, 0.15) is 0 Å². The molecule has 0 spiro atoms. The first-order chi connectivity index (χ1) is 7.51. The number of hydrogen-bond acceptors (Lipinski definition) is 1. The van der Waals surface area contributed by atoms with Crippen molar-refractivity contribution in [1.82, 2.24) is 0 Å². The van der Waals surface area contributed by atoms with Gasteiger partial charge in [-0.15, -0.1) is 0 Å². The quantitative estimate of drug-likeness (QED) is 0.743. The Morgan fingerprint density at radius 1 is 1.31 bits per heavy atom. The summed E-state index contributed by atoms with van der Waals surface area (Å²) in [7, 11) is 0. The number of hydrogen-bond donors (Lipinski definition) is 0. The van der Waals surface area contributed by atoms with Crippen LogP contribution in [0.25, 0.3) is 0 Å². The molecule has 0 aromatic heterocycles. The summed E-state index contributed by atoms with van der Waals surface area (Å²) in [6, 6.07) is 8.50. The SMILES string of the molecule is CCc1cccc(CC(C)(CC)C(=O)Br)c1. The highest BCUT2D eigenvalue weighted by atomic mass is 79.9. The Morgan fingerprint density at radius 2 is 1.94 bits per heavy atom. The normalized spacial score (nSPS) is 14.5. The van der Waals surface area contributed by atoms with Crippen LogP contribution in [0, 0.1) is 5.41 Å². The maximum Gasteiger partial charge on any atom is 0.203 e. The van der Waals surface area contributed by atoms with Gasteiger partial charge in [-0.05, 0) is 46.3 Å². The van der Waals surface area contributed by atoms with Gasteiger partial charge in [0, 0.05) is 5.41 Å². The molecule has 1 rings (SSSR count). The third-order valence-corrected chi connectivity index (χ3v) is 4.21. The highest BCUT2D eigenvalue weighted by Crippen LogP contribution is 2.30. The van der Waals surface area contributed by atoms with E-state index in [2.05, 4.69) is 54.0 Å². The van der Waals surface area contributed by atoms with Crippen LogP contribution < -0.4 is 0 Å². The predicted molar refractivity (Wildman–Crippen MR) is 71.9 cm³/mol. The maximum absolute atomic E-state index is 11.6. The molecule has 1 aromatic carbocycles. The molecular weight excluding hydrogens is 264 g/mol. The molecule has 0 aliphatic heterocycles. The van der Waals surface area contributed by atoms with Crippen LogP contribution in [0.15, 0.2) is 24.3 Å². The highest BCUT2D eigenvalue weighted by Gasteiger charge is 2.29. The van der Waals surface area contributed by atoms with Crippen LogP contribution >= 0.6 is 15.9 Å². The van der Waals surface area contributed by atoms with Crippen LogP contribution in [0.3, 0.4) is 0 Å². The molecule has 0 fully saturated rings. The van der Waals surface area contributed by atoms with Crippen LogP contribution in [0.1, 0.15) is 38.3 Å². The zero-order valence-corrected chi connectivity index (χ0v) is 11.8. The smallest absolute Gasteiger partial charge is 0.203 e. The number of aryl methyl sites for hydroxylation is 1. The molecular formula is C14H19BrO. The molecule has 0 aliphatic rings. The molecule has 2 heteroatoms. The Hall–Kier alpha value is -0.630. The lowest BCUT2D eigenvalue weighted by atomic mass is 9.82. The van der Waals surface area contributed by atoms with Crippen molar-refractivity contribution in [2.45, 2.75) is 40.0 Å². The first-order valence-corrected chi connectivity index (χ1v) is 6.59. The van der Waals surface area contributed by atoms with E-state index in [9.17, 15) is 4.79 Å². The second-order valence-electron chi connectivity index (χ2n) is 4.54.